The summed E-state index contributed by atoms with van der Waals surface area (Å²) in [5.41, 5.74) is 10.9. The van der Waals surface area contributed by atoms with Gasteiger partial charge < -0.3 is 20.9 Å². The van der Waals surface area contributed by atoms with Crippen LogP contribution >= 0.6 is 0 Å². The molecule has 192 valence electrons. The Bertz CT molecular complexity index is 965. The first-order valence-electron chi connectivity index (χ1n) is 12.6. The summed E-state index contributed by atoms with van der Waals surface area (Å²) in [5, 5.41) is 14.9. The number of nitrogens with two attached hydrogens (primary N) is 1. The lowest BCUT2D eigenvalue weighted by atomic mass is 9.89. The lowest BCUT2D eigenvalue weighted by molar-refractivity contribution is -0.138. The highest BCUT2D eigenvalue weighted by molar-refractivity contribution is 5.92. The molecule has 0 unspecified atom stereocenters. The van der Waals surface area contributed by atoms with Crippen LogP contribution in [-0.4, -0.2) is 46.1 Å². The minimum Gasteiger partial charge on any atom is -0.354 e. The van der Waals surface area contributed by atoms with Crippen LogP contribution in [0.4, 0.5) is 0 Å². The molecule has 0 fully saturated rings. The summed E-state index contributed by atoms with van der Waals surface area (Å²) in [6, 6.07) is -2.04. The predicted molar refractivity (Wildman–Crippen MR) is 134 cm³/mol. The fraction of sp³-hybridized carbons (Fsp3) is 0.577. The summed E-state index contributed by atoms with van der Waals surface area (Å²) in [5.74, 6) is -2.35. The summed E-state index contributed by atoms with van der Waals surface area (Å²) in [6.45, 7) is 5.32. The monoisotopic (exact) mass is 485 g/mol. The van der Waals surface area contributed by atoms with Gasteiger partial charge in [-0.1, -0.05) is 51.0 Å². The lowest BCUT2D eigenvalue weighted by Crippen LogP contribution is -2.55. The molecule has 9 heteroatoms. The fourth-order valence-electron chi connectivity index (χ4n) is 4.86. The van der Waals surface area contributed by atoms with Crippen LogP contribution < -0.4 is 21.8 Å². The Morgan fingerprint density at radius 2 is 1.97 bits per heavy atom. The number of amides is 3. The third-order valence-electron chi connectivity index (χ3n) is 6.73. The molecule has 35 heavy (non-hydrogen) atoms. The van der Waals surface area contributed by atoms with Gasteiger partial charge in [0.1, 0.15) is 6.04 Å². The van der Waals surface area contributed by atoms with Gasteiger partial charge in [-0.05, 0) is 36.3 Å². The Kier molecular flexibility index (Phi) is 9.68. The molecule has 3 rings (SSSR count). The molecule has 3 amide bonds. The number of rotatable bonds is 6. The van der Waals surface area contributed by atoms with E-state index in [9.17, 15) is 14.4 Å². The van der Waals surface area contributed by atoms with Gasteiger partial charge in [-0.2, -0.15) is 0 Å². The minimum atomic E-state index is -1.23. The molecule has 0 saturated heterocycles. The topological polar surface area (TPSA) is 138 Å². The molecule has 1 aliphatic heterocycles. The van der Waals surface area contributed by atoms with E-state index in [4.69, 9.17) is 10.9 Å². The van der Waals surface area contributed by atoms with Crippen LogP contribution in [0.3, 0.4) is 0 Å². The molecule has 1 aromatic rings. The molecule has 9 nitrogen and oxygen atoms in total. The first-order valence-corrected chi connectivity index (χ1v) is 12.6. The number of carbonyl (C=O) groups excluding carboxylic acids is 3. The van der Waals surface area contributed by atoms with E-state index in [1.165, 1.54) is 11.2 Å². The van der Waals surface area contributed by atoms with Gasteiger partial charge in [0.25, 0.3) is 5.91 Å². The normalized spacial score (nSPS) is 20.4. The van der Waals surface area contributed by atoms with Crippen molar-refractivity contribution < 1.29 is 19.6 Å². The van der Waals surface area contributed by atoms with E-state index in [1.54, 1.807) is 0 Å². The van der Waals surface area contributed by atoms with Gasteiger partial charge in [0.15, 0.2) is 0 Å². The van der Waals surface area contributed by atoms with Crippen LogP contribution in [-0.2, 0) is 33.8 Å². The van der Waals surface area contributed by atoms with Crippen LogP contribution in [0.25, 0.3) is 6.08 Å². The molecule has 0 radical (unpaired) electrons. The summed E-state index contributed by atoms with van der Waals surface area (Å²) in [6.07, 6.45) is 15.9. The standard InChI is InChI=1S/C26H39N5O4/c1-17(2)14-20(23(27)26(34)30-35)24(32)29-21-15-18-16-31(22-11-7-5-6-10-19(18)22)13-9-4-3-8-12-28-25(21)33/h5-7,10,16-17,20-21,23,35H,3-4,8-9,11-15,27H2,1-2H3,(H,28,33)(H,29,32)(H,30,34)/t20-,21+,23+/m1/s1. The van der Waals surface area contributed by atoms with Crippen molar-refractivity contribution in [2.45, 2.75) is 77.4 Å². The van der Waals surface area contributed by atoms with E-state index in [1.807, 2.05) is 26.0 Å². The molecule has 0 aromatic carbocycles. The van der Waals surface area contributed by atoms with Gasteiger partial charge in [0.05, 0.1) is 12.0 Å². The number of fused-ring (bicyclic) bond motifs is 5. The van der Waals surface area contributed by atoms with E-state index in [-0.39, 0.29) is 11.8 Å². The third-order valence-corrected chi connectivity index (χ3v) is 6.73. The van der Waals surface area contributed by atoms with E-state index < -0.39 is 29.8 Å². The average Bonchev–Trinajstić information content (AvgIpc) is 2.98. The number of nitrogens with zero attached hydrogens (tertiary/aromatic N) is 1. The van der Waals surface area contributed by atoms with Crippen LogP contribution in [0, 0.1) is 11.8 Å². The predicted octanol–water partition coefficient (Wildman–Crippen LogP) is 1.83. The van der Waals surface area contributed by atoms with Crippen molar-refractivity contribution in [3.63, 3.8) is 0 Å². The Morgan fingerprint density at radius 1 is 1.20 bits per heavy atom. The third kappa shape index (κ3) is 7.05. The van der Waals surface area contributed by atoms with Crippen LogP contribution in [0.2, 0.25) is 0 Å². The van der Waals surface area contributed by atoms with Gasteiger partial charge >= 0.3 is 0 Å². The van der Waals surface area contributed by atoms with E-state index in [0.29, 0.717) is 19.4 Å². The number of nitrogens with one attached hydrogen (secondary N) is 3. The van der Waals surface area contributed by atoms with Crippen LogP contribution in [0.15, 0.2) is 24.4 Å². The molecule has 1 aromatic heterocycles. The summed E-state index contributed by atoms with van der Waals surface area (Å²) in [7, 11) is 0. The molecule has 3 atom stereocenters. The zero-order valence-corrected chi connectivity index (χ0v) is 20.8. The second-order valence-electron chi connectivity index (χ2n) is 9.91. The SMILES string of the molecule is CC(C)C[C@@H](C(=O)N[C@H]1Cc2cn(c3c2C=CC=CC3)CCCCCCNC1=O)[C@H](N)C(=O)NO. The smallest absolute Gasteiger partial charge is 0.261 e. The van der Waals surface area contributed by atoms with Gasteiger partial charge in [-0.15, -0.1) is 0 Å². The Labute approximate surface area is 207 Å². The average molecular weight is 486 g/mol. The second kappa shape index (κ2) is 12.7. The van der Waals surface area contributed by atoms with Crippen molar-refractivity contribution in [2.24, 2.45) is 17.6 Å². The first-order chi connectivity index (χ1) is 16.8. The van der Waals surface area contributed by atoms with Crippen LogP contribution in [0.5, 0.6) is 0 Å². The van der Waals surface area contributed by atoms with Crippen LogP contribution in [0.1, 0.15) is 62.8 Å². The molecule has 2 aliphatic rings. The van der Waals surface area contributed by atoms with Crippen molar-refractivity contribution in [3.8, 4) is 0 Å². The van der Waals surface area contributed by atoms with Crippen molar-refractivity contribution >= 4 is 23.8 Å². The molecular weight excluding hydrogens is 446 g/mol. The maximum Gasteiger partial charge on any atom is 0.261 e. The van der Waals surface area contributed by atoms with Crippen molar-refractivity contribution in [2.75, 3.05) is 6.54 Å². The van der Waals surface area contributed by atoms with E-state index >= 15 is 0 Å². The highest BCUT2D eigenvalue weighted by atomic mass is 16.5. The van der Waals surface area contributed by atoms with E-state index in [0.717, 1.165) is 49.8 Å². The minimum absolute atomic E-state index is 0.0830. The van der Waals surface area contributed by atoms with Gasteiger partial charge in [0.2, 0.25) is 11.8 Å². The fourth-order valence-corrected chi connectivity index (χ4v) is 4.86. The molecule has 0 spiro atoms. The zero-order valence-electron chi connectivity index (χ0n) is 20.8. The molecule has 2 bridgehead atoms. The molecule has 6 N–H and O–H groups in total. The highest BCUT2D eigenvalue weighted by Crippen LogP contribution is 2.25. The number of aromatic nitrogens is 1. The maximum absolute atomic E-state index is 13.3. The van der Waals surface area contributed by atoms with Crippen molar-refractivity contribution in [1.82, 2.24) is 20.7 Å². The molecule has 2 heterocycles. The number of hydrogen-bond acceptors (Lipinski definition) is 5. The van der Waals surface area contributed by atoms with Gasteiger partial charge in [0, 0.05) is 37.8 Å². The molecular formula is C26H39N5O4. The van der Waals surface area contributed by atoms with E-state index in [2.05, 4.69) is 33.5 Å². The Morgan fingerprint density at radius 3 is 2.71 bits per heavy atom. The number of carbonyl (C=O) groups is 3. The number of aryl methyl sites for hydroxylation is 1. The van der Waals surface area contributed by atoms with Gasteiger partial charge in [-0.25, -0.2) is 5.48 Å². The summed E-state index contributed by atoms with van der Waals surface area (Å²) in [4.78, 5) is 38.5. The van der Waals surface area contributed by atoms with Crippen molar-refractivity contribution in [3.05, 3.63) is 41.2 Å². The molecule has 0 saturated carbocycles. The second-order valence-corrected chi connectivity index (χ2v) is 9.91. The summed E-state index contributed by atoms with van der Waals surface area (Å²) >= 11 is 0. The Hall–Kier alpha value is -2.91. The highest BCUT2D eigenvalue weighted by Gasteiger charge is 2.34. The number of hydroxylamine groups is 1. The van der Waals surface area contributed by atoms with Crippen molar-refractivity contribution in [1.29, 1.82) is 0 Å². The largest absolute Gasteiger partial charge is 0.354 e. The maximum atomic E-state index is 13.3. The zero-order chi connectivity index (χ0) is 25.4. The first kappa shape index (κ1) is 26.7. The number of hydrogen-bond donors (Lipinski definition) is 5. The summed E-state index contributed by atoms with van der Waals surface area (Å²) < 4.78 is 2.28. The quantitative estimate of drug-likeness (QED) is 0.309. The Balaban J connectivity index is 1.90. The number of allylic oxidation sites excluding steroid dienone is 3. The lowest BCUT2D eigenvalue weighted by Gasteiger charge is -2.26. The molecule has 1 aliphatic carbocycles. The van der Waals surface area contributed by atoms with Gasteiger partial charge in [-0.3, -0.25) is 19.6 Å².